The maximum Gasteiger partial charge on any atom is 0.186 e. The van der Waals surface area contributed by atoms with Crippen LogP contribution in [0.1, 0.15) is 26.2 Å². The van der Waals surface area contributed by atoms with Crippen LogP contribution in [0.25, 0.3) is 0 Å². The first-order valence-electron chi connectivity index (χ1n) is 4.60. The molecule has 2 atom stereocenters. The Kier molecular flexibility index (Phi) is 3.63. The first-order chi connectivity index (χ1) is 6.11. The number of rotatable bonds is 4. The first-order valence-corrected chi connectivity index (χ1v) is 4.60. The Morgan fingerprint density at radius 1 is 1.77 bits per heavy atom. The van der Waals surface area contributed by atoms with Crippen molar-refractivity contribution in [3.63, 3.8) is 0 Å². The summed E-state index contributed by atoms with van der Waals surface area (Å²) in [6.45, 7) is 5.86. The predicted octanol–water partition coefficient (Wildman–Crippen LogP) is 1.06. The van der Waals surface area contributed by atoms with E-state index in [9.17, 15) is 9.90 Å². The molecule has 74 valence electrons. The number of ketones is 1. The van der Waals surface area contributed by atoms with Crippen LogP contribution in [0.2, 0.25) is 0 Å². The van der Waals surface area contributed by atoms with Gasteiger partial charge in [0.1, 0.15) is 6.10 Å². The highest BCUT2D eigenvalue weighted by atomic mass is 16.5. The monoisotopic (exact) mass is 184 g/mol. The maximum absolute atomic E-state index is 11.2. The van der Waals surface area contributed by atoms with Gasteiger partial charge in [0.2, 0.25) is 0 Å². The molecule has 1 aliphatic heterocycles. The average molecular weight is 184 g/mol. The molecule has 0 aliphatic carbocycles. The first kappa shape index (κ1) is 10.4. The van der Waals surface area contributed by atoms with E-state index in [-0.39, 0.29) is 11.9 Å². The molecule has 1 fully saturated rings. The third-order valence-corrected chi connectivity index (χ3v) is 2.23. The van der Waals surface area contributed by atoms with Crippen LogP contribution in [-0.2, 0) is 9.53 Å². The fourth-order valence-corrected chi connectivity index (χ4v) is 1.47. The predicted molar refractivity (Wildman–Crippen MR) is 49.4 cm³/mol. The van der Waals surface area contributed by atoms with Gasteiger partial charge in [0.05, 0.1) is 6.10 Å². The Balaban J connectivity index is 2.35. The molecule has 0 aromatic rings. The molecule has 0 spiro atoms. The van der Waals surface area contributed by atoms with E-state index in [2.05, 4.69) is 6.58 Å². The van der Waals surface area contributed by atoms with Crippen molar-refractivity contribution in [3.05, 3.63) is 12.2 Å². The fraction of sp³-hybridized carbons (Fsp3) is 0.700. The molecular weight excluding hydrogens is 168 g/mol. The van der Waals surface area contributed by atoms with E-state index in [1.165, 1.54) is 0 Å². The van der Waals surface area contributed by atoms with Crippen molar-refractivity contribution < 1.29 is 14.6 Å². The summed E-state index contributed by atoms with van der Waals surface area (Å²) in [6, 6.07) is 0. The van der Waals surface area contributed by atoms with Gasteiger partial charge in [0.25, 0.3) is 0 Å². The van der Waals surface area contributed by atoms with E-state index >= 15 is 0 Å². The minimum absolute atomic E-state index is 0.0540. The fourth-order valence-electron chi connectivity index (χ4n) is 1.47. The summed E-state index contributed by atoms with van der Waals surface area (Å²) in [5.74, 6) is -0.268. The molecule has 0 bridgehead atoms. The summed E-state index contributed by atoms with van der Waals surface area (Å²) in [7, 11) is 0. The lowest BCUT2D eigenvalue weighted by Gasteiger charge is -2.13. The minimum Gasteiger partial charge on any atom is -0.385 e. The Bertz CT molecular complexity index is 204. The van der Waals surface area contributed by atoms with Crippen LogP contribution in [0, 0.1) is 0 Å². The topological polar surface area (TPSA) is 46.5 Å². The van der Waals surface area contributed by atoms with E-state index in [0.717, 1.165) is 19.4 Å². The van der Waals surface area contributed by atoms with Crippen molar-refractivity contribution >= 4 is 5.78 Å². The van der Waals surface area contributed by atoms with Gasteiger partial charge in [0.15, 0.2) is 5.78 Å². The van der Waals surface area contributed by atoms with Crippen LogP contribution in [0.3, 0.4) is 0 Å². The molecule has 1 heterocycles. The molecule has 2 unspecified atom stereocenters. The zero-order valence-corrected chi connectivity index (χ0v) is 7.95. The lowest BCUT2D eigenvalue weighted by Crippen LogP contribution is -2.26. The molecule has 0 amide bonds. The third-order valence-electron chi connectivity index (χ3n) is 2.23. The maximum atomic E-state index is 11.2. The molecule has 3 heteroatoms. The molecule has 0 aromatic carbocycles. The van der Waals surface area contributed by atoms with E-state index in [0.29, 0.717) is 12.0 Å². The lowest BCUT2D eigenvalue weighted by atomic mass is 10.0. The molecule has 0 saturated carbocycles. The molecule has 0 radical (unpaired) electrons. The van der Waals surface area contributed by atoms with E-state index < -0.39 is 6.10 Å². The standard InChI is InChI=1S/C10H16O3/c1-7(2)10(12)9(11)6-8-4-3-5-13-8/h8-9,11H,1,3-6H2,2H3. The highest BCUT2D eigenvalue weighted by Crippen LogP contribution is 2.18. The molecule has 13 heavy (non-hydrogen) atoms. The number of carbonyl (C=O) groups excluding carboxylic acids is 1. The number of carbonyl (C=O) groups is 1. The van der Waals surface area contributed by atoms with Crippen molar-refractivity contribution in [1.29, 1.82) is 0 Å². The Hall–Kier alpha value is -0.670. The van der Waals surface area contributed by atoms with Gasteiger partial charge in [-0.1, -0.05) is 6.58 Å². The van der Waals surface area contributed by atoms with Gasteiger partial charge in [-0.2, -0.15) is 0 Å². The van der Waals surface area contributed by atoms with Crippen molar-refractivity contribution in [2.24, 2.45) is 0 Å². The second kappa shape index (κ2) is 4.53. The summed E-state index contributed by atoms with van der Waals surface area (Å²) in [5, 5.41) is 9.46. The number of ether oxygens (including phenoxy) is 1. The van der Waals surface area contributed by atoms with E-state index in [1.54, 1.807) is 6.92 Å². The van der Waals surface area contributed by atoms with Crippen molar-refractivity contribution in [2.45, 2.75) is 38.4 Å². The highest BCUT2D eigenvalue weighted by molar-refractivity contribution is 5.97. The summed E-state index contributed by atoms with van der Waals surface area (Å²) in [6.07, 6.45) is 1.50. The molecule has 1 N–H and O–H groups in total. The Labute approximate surface area is 78.4 Å². The number of aliphatic hydroxyl groups is 1. The summed E-state index contributed by atoms with van der Waals surface area (Å²) in [4.78, 5) is 11.2. The molecule has 0 aromatic heterocycles. The Morgan fingerprint density at radius 2 is 2.46 bits per heavy atom. The van der Waals surface area contributed by atoms with Gasteiger partial charge in [-0.3, -0.25) is 4.79 Å². The second-order valence-electron chi connectivity index (χ2n) is 3.53. The normalized spacial score (nSPS) is 24.3. The van der Waals surface area contributed by atoms with Crippen LogP contribution in [0.15, 0.2) is 12.2 Å². The number of Topliss-reactive ketones (excluding diaryl/α,β-unsaturated/α-hetero) is 1. The van der Waals surface area contributed by atoms with Crippen molar-refractivity contribution in [3.8, 4) is 0 Å². The van der Waals surface area contributed by atoms with Crippen molar-refractivity contribution in [2.75, 3.05) is 6.61 Å². The number of hydrogen-bond acceptors (Lipinski definition) is 3. The molecule has 1 rings (SSSR count). The van der Waals surface area contributed by atoms with Crippen LogP contribution >= 0.6 is 0 Å². The van der Waals surface area contributed by atoms with E-state index in [4.69, 9.17) is 4.74 Å². The highest BCUT2D eigenvalue weighted by Gasteiger charge is 2.23. The quantitative estimate of drug-likeness (QED) is 0.664. The van der Waals surface area contributed by atoms with E-state index in [1.807, 2.05) is 0 Å². The van der Waals surface area contributed by atoms with Gasteiger partial charge in [-0.25, -0.2) is 0 Å². The summed E-state index contributed by atoms with van der Waals surface area (Å²) >= 11 is 0. The molecule has 1 saturated heterocycles. The van der Waals surface area contributed by atoms with Gasteiger partial charge in [-0.15, -0.1) is 0 Å². The lowest BCUT2D eigenvalue weighted by molar-refractivity contribution is -0.124. The summed E-state index contributed by atoms with van der Waals surface area (Å²) in [5.41, 5.74) is 0.408. The third kappa shape index (κ3) is 2.94. The van der Waals surface area contributed by atoms with Crippen LogP contribution < -0.4 is 0 Å². The van der Waals surface area contributed by atoms with Gasteiger partial charge in [-0.05, 0) is 25.3 Å². The molecule has 3 nitrogen and oxygen atoms in total. The van der Waals surface area contributed by atoms with Crippen LogP contribution in [0.4, 0.5) is 0 Å². The zero-order valence-electron chi connectivity index (χ0n) is 7.95. The number of aliphatic hydroxyl groups excluding tert-OH is 1. The van der Waals surface area contributed by atoms with Gasteiger partial charge < -0.3 is 9.84 Å². The van der Waals surface area contributed by atoms with Crippen molar-refractivity contribution in [1.82, 2.24) is 0 Å². The zero-order chi connectivity index (χ0) is 9.84. The number of hydrogen-bond donors (Lipinski definition) is 1. The smallest absolute Gasteiger partial charge is 0.186 e. The minimum atomic E-state index is -0.930. The van der Waals surface area contributed by atoms with Gasteiger partial charge >= 0.3 is 0 Å². The van der Waals surface area contributed by atoms with Crippen LogP contribution in [-0.4, -0.2) is 29.7 Å². The molecular formula is C10H16O3. The van der Waals surface area contributed by atoms with Gasteiger partial charge in [0, 0.05) is 13.0 Å². The van der Waals surface area contributed by atoms with Crippen LogP contribution in [0.5, 0.6) is 0 Å². The largest absolute Gasteiger partial charge is 0.385 e. The average Bonchev–Trinajstić information content (AvgIpc) is 2.55. The Morgan fingerprint density at radius 3 is 2.92 bits per heavy atom. The SMILES string of the molecule is C=C(C)C(=O)C(O)CC1CCCO1. The molecule has 1 aliphatic rings. The second-order valence-corrected chi connectivity index (χ2v) is 3.53. The summed E-state index contributed by atoms with van der Waals surface area (Å²) < 4.78 is 5.31.